The summed E-state index contributed by atoms with van der Waals surface area (Å²) in [5, 5.41) is 3.13. The maximum absolute atomic E-state index is 13.0. The Morgan fingerprint density at radius 3 is 2.89 bits per heavy atom. The summed E-state index contributed by atoms with van der Waals surface area (Å²) >= 11 is 1.35. The fourth-order valence-electron chi connectivity index (χ4n) is 3.42. The van der Waals surface area contributed by atoms with Crippen molar-refractivity contribution in [2.75, 3.05) is 18.4 Å². The second-order valence-electron chi connectivity index (χ2n) is 7.08. The van der Waals surface area contributed by atoms with Crippen LogP contribution in [0.1, 0.15) is 36.1 Å². The van der Waals surface area contributed by atoms with Gasteiger partial charge in [0.1, 0.15) is 10.7 Å². The summed E-state index contributed by atoms with van der Waals surface area (Å²) in [5.74, 6) is -0.0266. The first-order chi connectivity index (χ1) is 13.3. The molecule has 2 aromatic heterocycles. The van der Waals surface area contributed by atoms with E-state index in [1.807, 2.05) is 31.2 Å². The number of para-hydroxylation sites is 1. The molecule has 1 aromatic carbocycles. The minimum Gasteiger partial charge on any atom is -0.455 e. The zero-order valence-electron chi connectivity index (χ0n) is 15.6. The van der Waals surface area contributed by atoms with Crippen LogP contribution in [0, 0.1) is 12.8 Å². The molecule has 1 atom stereocenters. The van der Waals surface area contributed by atoms with E-state index in [1.54, 1.807) is 6.92 Å². The van der Waals surface area contributed by atoms with Crippen LogP contribution in [-0.4, -0.2) is 36.7 Å². The van der Waals surface area contributed by atoms with Gasteiger partial charge in [-0.3, -0.25) is 10.1 Å². The van der Waals surface area contributed by atoms with Crippen molar-refractivity contribution < 1.29 is 17.6 Å². The van der Waals surface area contributed by atoms with Crippen molar-refractivity contribution in [1.82, 2.24) is 9.29 Å². The summed E-state index contributed by atoms with van der Waals surface area (Å²) < 4.78 is 33.9. The Hall–Kier alpha value is -2.23. The lowest BCUT2D eigenvalue weighted by molar-refractivity contribution is 0.0995. The molecule has 0 radical (unpaired) electrons. The number of nitrogens with zero attached hydrogens (tertiary/aromatic N) is 2. The van der Waals surface area contributed by atoms with Crippen LogP contribution in [0.25, 0.3) is 10.2 Å². The Kier molecular flexibility index (Phi) is 4.98. The van der Waals surface area contributed by atoms with Crippen molar-refractivity contribution in [2.45, 2.75) is 31.6 Å². The van der Waals surface area contributed by atoms with Gasteiger partial charge in [-0.25, -0.2) is 13.4 Å². The van der Waals surface area contributed by atoms with Gasteiger partial charge in [-0.1, -0.05) is 30.4 Å². The van der Waals surface area contributed by atoms with Crippen LogP contribution in [0.15, 0.2) is 39.6 Å². The van der Waals surface area contributed by atoms with Gasteiger partial charge < -0.3 is 4.42 Å². The molecule has 1 aliphatic heterocycles. The number of benzene rings is 1. The number of anilines is 1. The van der Waals surface area contributed by atoms with Crippen molar-refractivity contribution >= 4 is 42.6 Å². The highest BCUT2D eigenvalue weighted by molar-refractivity contribution is 7.89. The van der Waals surface area contributed by atoms with E-state index >= 15 is 0 Å². The number of hydrogen-bond donors (Lipinski definition) is 1. The minimum atomic E-state index is -3.69. The van der Waals surface area contributed by atoms with Crippen molar-refractivity contribution in [3.8, 4) is 0 Å². The molecule has 4 rings (SSSR count). The first kappa shape index (κ1) is 19.1. The van der Waals surface area contributed by atoms with Gasteiger partial charge in [0, 0.05) is 19.2 Å². The first-order valence-corrected chi connectivity index (χ1v) is 11.4. The highest BCUT2D eigenvalue weighted by Gasteiger charge is 2.32. The quantitative estimate of drug-likeness (QED) is 0.693. The number of carbonyl (C=O) groups excluding carboxylic acids is 1. The van der Waals surface area contributed by atoms with Gasteiger partial charge in [0.05, 0.1) is 10.2 Å². The maximum Gasteiger partial charge on any atom is 0.293 e. The molecule has 1 saturated heterocycles. The number of sulfonamides is 1. The van der Waals surface area contributed by atoms with Gasteiger partial charge in [-0.2, -0.15) is 4.31 Å². The lowest BCUT2D eigenvalue weighted by Crippen LogP contribution is -2.39. The normalized spacial score (nSPS) is 18.4. The number of rotatable bonds is 4. The van der Waals surface area contributed by atoms with Crippen LogP contribution in [0.4, 0.5) is 5.13 Å². The Labute approximate surface area is 167 Å². The third kappa shape index (κ3) is 3.57. The first-order valence-electron chi connectivity index (χ1n) is 9.12. The van der Waals surface area contributed by atoms with Crippen molar-refractivity contribution in [1.29, 1.82) is 0 Å². The number of nitrogens with one attached hydrogen (secondary N) is 1. The molecule has 0 saturated carbocycles. The van der Waals surface area contributed by atoms with Crippen LogP contribution in [0.2, 0.25) is 0 Å². The van der Waals surface area contributed by atoms with E-state index in [4.69, 9.17) is 4.42 Å². The fourth-order valence-corrected chi connectivity index (χ4v) is 6.04. The van der Waals surface area contributed by atoms with Gasteiger partial charge in [0.25, 0.3) is 5.91 Å². The number of aryl methyl sites for hydroxylation is 1. The third-order valence-corrected chi connectivity index (χ3v) is 7.77. The summed E-state index contributed by atoms with van der Waals surface area (Å²) in [4.78, 5) is 17.0. The summed E-state index contributed by atoms with van der Waals surface area (Å²) in [6, 6.07) is 8.88. The number of hydrogen-bond acceptors (Lipinski definition) is 6. The highest BCUT2D eigenvalue weighted by atomic mass is 32.2. The Morgan fingerprint density at radius 2 is 2.14 bits per heavy atom. The van der Waals surface area contributed by atoms with Crippen LogP contribution >= 0.6 is 11.3 Å². The number of fused-ring (bicyclic) bond motifs is 1. The van der Waals surface area contributed by atoms with Gasteiger partial charge in [-0.15, -0.1) is 0 Å². The molecule has 0 bridgehead atoms. The van der Waals surface area contributed by atoms with E-state index in [9.17, 15) is 13.2 Å². The smallest absolute Gasteiger partial charge is 0.293 e. The van der Waals surface area contributed by atoms with Crippen molar-refractivity contribution in [3.63, 3.8) is 0 Å². The number of aromatic nitrogens is 1. The second-order valence-corrected chi connectivity index (χ2v) is 10.0. The number of furan rings is 1. The average Bonchev–Trinajstić information content (AvgIpc) is 3.24. The van der Waals surface area contributed by atoms with Gasteiger partial charge in [-0.05, 0) is 37.8 Å². The van der Waals surface area contributed by atoms with E-state index in [1.165, 1.54) is 21.7 Å². The number of amides is 1. The minimum absolute atomic E-state index is 0.0413. The van der Waals surface area contributed by atoms with Gasteiger partial charge in [0.15, 0.2) is 10.9 Å². The van der Waals surface area contributed by atoms with Gasteiger partial charge >= 0.3 is 0 Å². The van der Waals surface area contributed by atoms with Gasteiger partial charge in [0.2, 0.25) is 10.0 Å². The van der Waals surface area contributed by atoms with E-state index < -0.39 is 15.9 Å². The lowest BCUT2D eigenvalue weighted by atomic mass is 10.0. The molecule has 9 heteroatoms. The Bertz CT molecular complexity index is 1100. The lowest BCUT2D eigenvalue weighted by Gasteiger charge is -2.29. The zero-order valence-corrected chi connectivity index (χ0v) is 17.3. The van der Waals surface area contributed by atoms with Crippen molar-refractivity contribution in [2.24, 2.45) is 5.92 Å². The average molecular weight is 420 g/mol. The molecule has 1 fully saturated rings. The second kappa shape index (κ2) is 7.31. The highest BCUT2D eigenvalue weighted by Crippen LogP contribution is 2.29. The summed E-state index contributed by atoms with van der Waals surface area (Å²) in [7, 11) is -3.69. The topological polar surface area (TPSA) is 92.5 Å². The molecule has 3 aromatic rings. The van der Waals surface area contributed by atoms with Crippen LogP contribution in [0.3, 0.4) is 0 Å². The molecule has 7 nitrogen and oxygen atoms in total. The molecule has 0 aliphatic carbocycles. The summed E-state index contributed by atoms with van der Waals surface area (Å²) in [6.07, 6.45) is 1.86. The third-order valence-electron chi connectivity index (χ3n) is 4.85. The molecule has 28 heavy (non-hydrogen) atoms. The van der Waals surface area contributed by atoms with E-state index in [2.05, 4.69) is 10.3 Å². The predicted molar refractivity (Wildman–Crippen MR) is 108 cm³/mol. The Balaban J connectivity index is 1.57. The predicted octanol–water partition coefficient (Wildman–Crippen LogP) is 3.87. The zero-order chi connectivity index (χ0) is 19.9. The van der Waals surface area contributed by atoms with Crippen LogP contribution in [0.5, 0.6) is 0 Å². The molecule has 148 valence electrons. The van der Waals surface area contributed by atoms with E-state index in [0.29, 0.717) is 24.1 Å². The molecule has 1 N–H and O–H groups in total. The summed E-state index contributed by atoms with van der Waals surface area (Å²) in [6.45, 7) is 4.58. The molecule has 1 aliphatic rings. The largest absolute Gasteiger partial charge is 0.455 e. The van der Waals surface area contributed by atoms with Crippen LogP contribution in [-0.2, 0) is 10.0 Å². The number of thiazole rings is 1. The molecule has 3 heterocycles. The molecule has 1 amide bonds. The van der Waals surface area contributed by atoms with E-state index in [0.717, 1.165) is 23.1 Å². The van der Waals surface area contributed by atoms with Crippen molar-refractivity contribution in [3.05, 3.63) is 41.9 Å². The Morgan fingerprint density at radius 1 is 1.36 bits per heavy atom. The number of piperidine rings is 1. The molecule has 0 spiro atoms. The maximum atomic E-state index is 13.0. The standard InChI is InChI=1S/C19H21N3O4S2/c1-12-6-5-9-22(11-12)28(24,25)17-10-15(26-13(17)2)18(23)21-19-20-14-7-3-4-8-16(14)27-19/h3-4,7-8,10,12H,5-6,9,11H2,1-2H3,(H,20,21,23). The molecular formula is C19H21N3O4S2. The fraction of sp³-hybridized carbons (Fsp3) is 0.368. The monoisotopic (exact) mass is 419 g/mol. The summed E-state index contributed by atoms with van der Waals surface area (Å²) in [5.41, 5.74) is 0.793. The van der Waals surface area contributed by atoms with Crippen LogP contribution < -0.4 is 5.32 Å². The SMILES string of the molecule is Cc1oc(C(=O)Nc2nc3ccccc3s2)cc1S(=O)(=O)N1CCCC(C)C1. The number of carbonyl (C=O) groups is 1. The molecule has 1 unspecified atom stereocenters. The van der Waals surface area contributed by atoms with E-state index in [-0.39, 0.29) is 16.4 Å². The molecular weight excluding hydrogens is 398 g/mol.